The fourth-order valence-electron chi connectivity index (χ4n) is 2.89. The predicted molar refractivity (Wildman–Crippen MR) is 89.7 cm³/mol. The van der Waals surface area contributed by atoms with Crippen molar-refractivity contribution in [2.75, 3.05) is 6.61 Å². The predicted octanol–water partition coefficient (Wildman–Crippen LogP) is 2.22. The molecule has 24 heavy (non-hydrogen) atoms. The van der Waals surface area contributed by atoms with Crippen molar-refractivity contribution in [3.8, 4) is 5.82 Å². The second-order valence-electron chi connectivity index (χ2n) is 5.85. The minimum Gasteiger partial charge on any atom is -0.368 e. The summed E-state index contributed by atoms with van der Waals surface area (Å²) in [7, 11) is 0. The zero-order valence-electron chi connectivity index (χ0n) is 13.2. The monoisotopic (exact) mass is 322 g/mol. The molecule has 1 fully saturated rings. The number of carbonyl (C=O) groups is 1. The number of amides is 1. The minimum absolute atomic E-state index is 0.0443. The smallest absolute Gasteiger partial charge is 0.249 e. The van der Waals surface area contributed by atoms with E-state index in [1.165, 1.54) is 0 Å². The van der Waals surface area contributed by atoms with Gasteiger partial charge in [-0.3, -0.25) is 9.36 Å². The van der Waals surface area contributed by atoms with Crippen molar-refractivity contribution < 1.29 is 9.53 Å². The van der Waals surface area contributed by atoms with E-state index in [2.05, 4.69) is 15.3 Å². The second kappa shape index (κ2) is 6.41. The number of imidazole rings is 1. The van der Waals surface area contributed by atoms with Gasteiger partial charge in [0, 0.05) is 19.3 Å². The first-order valence-corrected chi connectivity index (χ1v) is 8.08. The molecule has 6 heteroatoms. The van der Waals surface area contributed by atoms with Crippen LogP contribution in [0, 0.1) is 0 Å². The molecule has 4 rings (SSSR count). The number of nitrogens with zero attached hydrogens (tertiary/aromatic N) is 3. The summed E-state index contributed by atoms with van der Waals surface area (Å²) in [4.78, 5) is 20.8. The molecule has 0 unspecified atom stereocenters. The van der Waals surface area contributed by atoms with Gasteiger partial charge in [-0.15, -0.1) is 0 Å². The lowest BCUT2D eigenvalue weighted by Gasteiger charge is -2.10. The summed E-state index contributed by atoms with van der Waals surface area (Å²) < 4.78 is 7.32. The van der Waals surface area contributed by atoms with Gasteiger partial charge in [-0.2, -0.15) is 0 Å². The summed E-state index contributed by atoms with van der Waals surface area (Å²) in [5.74, 6) is 0.759. The van der Waals surface area contributed by atoms with Crippen LogP contribution in [-0.4, -0.2) is 33.2 Å². The van der Waals surface area contributed by atoms with E-state index < -0.39 is 0 Å². The Kier molecular flexibility index (Phi) is 3.96. The number of aromatic nitrogens is 3. The third-order valence-electron chi connectivity index (χ3n) is 4.20. The van der Waals surface area contributed by atoms with Crippen LogP contribution < -0.4 is 5.32 Å². The maximum atomic E-state index is 11.9. The van der Waals surface area contributed by atoms with Gasteiger partial charge in [-0.05, 0) is 36.6 Å². The SMILES string of the molecule is O=C(NCc1ccc(-n2cnc3ccccc32)nc1)[C@H]1CCCO1. The van der Waals surface area contributed by atoms with Gasteiger partial charge >= 0.3 is 0 Å². The molecule has 0 aliphatic carbocycles. The summed E-state index contributed by atoms with van der Waals surface area (Å²) in [6.07, 6.45) is 5.00. The van der Waals surface area contributed by atoms with Crippen molar-refractivity contribution >= 4 is 16.9 Å². The molecule has 0 bridgehead atoms. The molecule has 2 aromatic heterocycles. The van der Waals surface area contributed by atoms with Gasteiger partial charge < -0.3 is 10.1 Å². The van der Waals surface area contributed by atoms with E-state index in [0.29, 0.717) is 13.2 Å². The van der Waals surface area contributed by atoms with Crippen molar-refractivity contribution in [1.82, 2.24) is 19.9 Å². The summed E-state index contributed by atoms with van der Waals surface area (Å²) in [6, 6.07) is 11.8. The first kappa shape index (κ1) is 14.8. The van der Waals surface area contributed by atoms with Crippen LogP contribution in [0.2, 0.25) is 0 Å². The van der Waals surface area contributed by atoms with Gasteiger partial charge in [0.25, 0.3) is 0 Å². The molecule has 3 heterocycles. The van der Waals surface area contributed by atoms with Crippen LogP contribution in [0.5, 0.6) is 0 Å². The van der Waals surface area contributed by atoms with Crippen molar-refractivity contribution in [2.45, 2.75) is 25.5 Å². The molecule has 122 valence electrons. The highest BCUT2D eigenvalue weighted by Crippen LogP contribution is 2.16. The maximum Gasteiger partial charge on any atom is 0.249 e. The number of nitrogens with one attached hydrogen (secondary N) is 1. The van der Waals surface area contributed by atoms with Crippen LogP contribution in [0.1, 0.15) is 18.4 Å². The van der Waals surface area contributed by atoms with Crippen molar-refractivity contribution in [2.24, 2.45) is 0 Å². The zero-order chi connectivity index (χ0) is 16.4. The van der Waals surface area contributed by atoms with Gasteiger partial charge in [0.1, 0.15) is 18.2 Å². The number of benzene rings is 1. The Morgan fingerprint density at radius 3 is 2.96 bits per heavy atom. The first-order valence-electron chi connectivity index (χ1n) is 8.08. The number of hydrogen-bond donors (Lipinski definition) is 1. The molecule has 1 amide bonds. The van der Waals surface area contributed by atoms with Crippen LogP contribution >= 0.6 is 0 Å². The van der Waals surface area contributed by atoms with E-state index in [1.54, 1.807) is 12.5 Å². The van der Waals surface area contributed by atoms with Gasteiger partial charge in [-0.25, -0.2) is 9.97 Å². The van der Waals surface area contributed by atoms with Crippen LogP contribution in [0.25, 0.3) is 16.9 Å². The Hall–Kier alpha value is -2.73. The molecule has 1 aliphatic heterocycles. The molecule has 0 saturated carbocycles. The molecule has 0 spiro atoms. The number of pyridine rings is 1. The lowest BCUT2D eigenvalue weighted by Crippen LogP contribution is -2.33. The molecule has 0 radical (unpaired) electrons. The van der Waals surface area contributed by atoms with E-state index in [4.69, 9.17) is 4.74 Å². The van der Waals surface area contributed by atoms with E-state index in [9.17, 15) is 4.79 Å². The molecule has 1 N–H and O–H groups in total. The highest BCUT2D eigenvalue weighted by molar-refractivity contribution is 5.81. The molecule has 1 saturated heterocycles. The number of fused-ring (bicyclic) bond motifs is 1. The molecule has 6 nitrogen and oxygen atoms in total. The Bertz CT molecular complexity index is 851. The fourth-order valence-corrected chi connectivity index (χ4v) is 2.89. The standard InChI is InChI=1S/C18H18N4O2/c23-18(16-6-3-9-24-16)20-11-13-7-8-17(19-10-13)22-12-21-14-4-1-2-5-15(14)22/h1-2,4-5,7-8,10,12,16H,3,6,9,11H2,(H,20,23)/t16-/m1/s1. The number of hydrogen-bond acceptors (Lipinski definition) is 4. The normalized spacial score (nSPS) is 17.2. The Labute approximate surface area is 139 Å². The highest BCUT2D eigenvalue weighted by atomic mass is 16.5. The number of rotatable bonds is 4. The van der Waals surface area contributed by atoms with Crippen molar-refractivity contribution in [3.05, 3.63) is 54.5 Å². The van der Waals surface area contributed by atoms with Gasteiger partial charge in [0.15, 0.2) is 0 Å². The summed E-state index contributed by atoms with van der Waals surface area (Å²) >= 11 is 0. The van der Waals surface area contributed by atoms with Crippen LogP contribution in [0.4, 0.5) is 0 Å². The van der Waals surface area contributed by atoms with Crippen LogP contribution in [-0.2, 0) is 16.1 Å². The Balaban J connectivity index is 1.45. The maximum absolute atomic E-state index is 11.9. The summed E-state index contributed by atoms with van der Waals surface area (Å²) in [5.41, 5.74) is 2.91. The minimum atomic E-state index is -0.297. The summed E-state index contributed by atoms with van der Waals surface area (Å²) in [5, 5.41) is 2.90. The number of carbonyl (C=O) groups excluding carboxylic acids is 1. The molecule has 3 aromatic rings. The third-order valence-corrected chi connectivity index (χ3v) is 4.20. The van der Waals surface area contributed by atoms with E-state index in [0.717, 1.165) is 35.3 Å². The number of ether oxygens (including phenoxy) is 1. The third kappa shape index (κ3) is 2.88. The van der Waals surface area contributed by atoms with Crippen LogP contribution in [0.3, 0.4) is 0 Å². The lowest BCUT2D eigenvalue weighted by atomic mass is 10.2. The van der Waals surface area contributed by atoms with Crippen molar-refractivity contribution in [1.29, 1.82) is 0 Å². The molecular formula is C18H18N4O2. The summed E-state index contributed by atoms with van der Waals surface area (Å²) in [6.45, 7) is 1.13. The average Bonchev–Trinajstić information content (AvgIpc) is 3.30. The van der Waals surface area contributed by atoms with Crippen molar-refractivity contribution in [3.63, 3.8) is 0 Å². The van der Waals surface area contributed by atoms with Gasteiger partial charge in [0.05, 0.1) is 11.0 Å². The molecule has 1 aliphatic rings. The molecule has 1 atom stereocenters. The van der Waals surface area contributed by atoms with Gasteiger partial charge in [0.2, 0.25) is 5.91 Å². The topological polar surface area (TPSA) is 69.0 Å². The first-order chi connectivity index (χ1) is 11.8. The van der Waals surface area contributed by atoms with Crippen LogP contribution in [0.15, 0.2) is 48.9 Å². The lowest BCUT2D eigenvalue weighted by molar-refractivity contribution is -0.130. The second-order valence-corrected chi connectivity index (χ2v) is 5.85. The Morgan fingerprint density at radius 2 is 2.17 bits per heavy atom. The quantitative estimate of drug-likeness (QED) is 0.799. The average molecular weight is 322 g/mol. The molecule has 1 aromatic carbocycles. The Morgan fingerprint density at radius 1 is 1.25 bits per heavy atom. The van der Waals surface area contributed by atoms with Gasteiger partial charge in [-0.1, -0.05) is 18.2 Å². The zero-order valence-corrected chi connectivity index (χ0v) is 13.2. The largest absolute Gasteiger partial charge is 0.368 e. The van der Waals surface area contributed by atoms with E-state index in [1.807, 2.05) is 41.0 Å². The molecular weight excluding hydrogens is 304 g/mol. The number of para-hydroxylation sites is 2. The van der Waals surface area contributed by atoms with E-state index in [-0.39, 0.29) is 12.0 Å². The highest BCUT2D eigenvalue weighted by Gasteiger charge is 2.22. The fraction of sp³-hybridized carbons (Fsp3) is 0.278. The van der Waals surface area contributed by atoms with E-state index >= 15 is 0 Å².